The number of hydrogen-bond acceptors (Lipinski definition) is 2. The van der Waals surface area contributed by atoms with Crippen LogP contribution in [0.1, 0.15) is 55.4 Å². The second-order valence-corrected chi connectivity index (χ2v) is 8.25. The molecule has 2 nitrogen and oxygen atoms in total. The molecule has 0 saturated heterocycles. The maximum Gasteiger partial charge on any atom is 0.485 e. The van der Waals surface area contributed by atoms with E-state index in [2.05, 4.69) is 65.0 Å². The van der Waals surface area contributed by atoms with Crippen LogP contribution in [0, 0.1) is 10.8 Å². The minimum Gasteiger partial charge on any atom is -0.384 e. The van der Waals surface area contributed by atoms with Crippen LogP contribution in [-0.4, -0.2) is 29.1 Å². The van der Waals surface area contributed by atoms with Gasteiger partial charge in [-0.3, -0.25) is 0 Å². The van der Waals surface area contributed by atoms with Crippen molar-refractivity contribution in [3.63, 3.8) is 0 Å². The molecule has 104 valence electrons. The molecule has 0 aliphatic carbocycles. The first-order valence-corrected chi connectivity index (χ1v) is 7.21. The van der Waals surface area contributed by atoms with Crippen molar-refractivity contribution in [2.24, 2.45) is 10.8 Å². The van der Waals surface area contributed by atoms with Crippen LogP contribution in [-0.2, 0) is 0 Å². The molecule has 1 heterocycles. The monoisotopic (exact) mass is 270 g/mol. The number of allylic oxidation sites excluding steroid dienone is 2. The molecule has 1 aliphatic heterocycles. The maximum atomic E-state index is 6.66. The van der Waals surface area contributed by atoms with E-state index in [9.17, 15) is 0 Å². The van der Waals surface area contributed by atoms with Gasteiger partial charge in [0.05, 0.1) is 0 Å². The maximum absolute atomic E-state index is 6.66. The second kappa shape index (κ2) is 4.99. The molecule has 0 radical (unpaired) electrons. The summed E-state index contributed by atoms with van der Waals surface area (Å²) in [7, 11) is 0. The standard InChI is InChI=1S/C14H28BClN2/c1-11-12(2)18(10-14(6,7)8)15(16)17(11)9-13(3,4)5/h9-10H2,1-8H3. The van der Waals surface area contributed by atoms with Gasteiger partial charge in [-0.05, 0) is 24.7 Å². The minimum absolute atomic E-state index is 0.0385. The molecular weight excluding hydrogens is 242 g/mol. The number of halogens is 1. The fourth-order valence-corrected chi connectivity index (χ4v) is 2.74. The Labute approximate surface area is 118 Å². The third kappa shape index (κ3) is 3.84. The molecule has 4 heteroatoms. The van der Waals surface area contributed by atoms with Gasteiger partial charge in [0.25, 0.3) is 0 Å². The summed E-state index contributed by atoms with van der Waals surface area (Å²) < 4.78 is 0. The minimum atomic E-state index is -0.0385. The van der Waals surface area contributed by atoms with Crippen molar-refractivity contribution in [1.82, 2.24) is 9.62 Å². The predicted molar refractivity (Wildman–Crippen MR) is 82.3 cm³/mol. The molecule has 18 heavy (non-hydrogen) atoms. The highest BCUT2D eigenvalue weighted by molar-refractivity contribution is 7.04. The summed E-state index contributed by atoms with van der Waals surface area (Å²) in [5.41, 5.74) is 3.14. The molecule has 0 N–H and O–H groups in total. The molecule has 0 saturated carbocycles. The molecule has 0 atom stereocenters. The van der Waals surface area contributed by atoms with Crippen molar-refractivity contribution >= 4 is 17.9 Å². The molecule has 0 aromatic rings. The third-order valence-electron chi connectivity index (χ3n) is 3.19. The lowest BCUT2D eigenvalue weighted by Gasteiger charge is -2.34. The first-order valence-electron chi connectivity index (χ1n) is 6.77. The Kier molecular flexibility index (Phi) is 4.37. The van der Waals surface area contributed by atoms with Crippen LogP contribution in [0.4, 0.5) is 0 Å². The van der Waals surface area contributed by atoms with E-state index < -0.39 is 0 Å². The van der Waals surface area contributed by atoms with Crippen molar-refractivity contribution in [1.29, 1.82) is 0 Å². The topological polar surface area (TPSA) is 6.48 Å². The fraction of sp³-hybridized carbons (Fsp3) is 0.857. The van der Waals surface area contributed by atoms with E-state index in [0.717, 1.165) is 13.1 Å². The van der Waals surface area contributed by atoms with Gasteiger partial charge < -0.3 is 9.62 Å². The van der Waals surface area contributed by atoms with E-state index in [1.807, 2.05) is 0 Å². The summed E-state index contributed by atoms with van der Waals surface area (Å²) in [6.07, 6.45) is -0.0385. The zero-order valence-corrected chi connectivity index (χ0v) is 14.0. The molecule has 0 bridgehead atoms. The molecule has 1 aliphatic rings. The Bertz CT molecular complexity index is 307. The number of nitrogens with zero attached hydrogens (tertiary/aromatic N) is 2. The second-order valence-electron chi connectivity index (χ2n) is 7.86. The Morgan fingerprint density at radius 1 is 0.833 bits per heavy atom. The lowest BCUT2D eigenvalue weighted by atomic mass is 9.89. The zero-order chi connectivity index (χ0) is 14.3. The van der Waals surface area contributed by atoms with E-state index in [0.29, 0.717) is 0 Å². The highest BCUT2D eigenvalue weighted by Crippen LogP contribution is 2.33. The Morgan fingerprint density at radius 2 is 1.11 bits per heavy atom. The van der Waals surface area contributed by atoms with Crippen LogP contribution in [0.5, 0.6) is 0 Å². The van der Waals surface area contributed by atoms with E-state index >= 15 is 0 Å². The highest BCUT2D eigenvalue weighted by Gasteiger charge is 2.40. The summed E-state index contributed by atoms with van der Waals surface area (Å²) in [5.74, 6) is 0. The summed E-state index contributed by atoms with van der Waals surface area (Å²) >= 11 is 6.66. The SMILES string of the molecule is CC1=C(C)N(CC(C)(C)C)B(Cl)N1CC(C)(C)C. The predicted octanol–water partition coefficient (Wildman–Crippen LogP) is 4.17. The van der Waals surface area contributed by atoms with Gasteiger partial charge in [-0.25, -0.2) is 0 Å². The van der Waals surface area contributed by atoms with Crippen LogP contribution in [0.15, 0.2) is 11.4 Å². The van der Waals surface area contributed by atoms with Crippen molar-refractivity contribution in [3.05, 3.63) is 11.4 Å². The number of rotatable bonds is 2. The van der Waals surface area contributed by atoms with Crippen molar-refractivity contribution < 1.29 is 0 Å². The van der Waals surface area contributed by atoms with Gasteiger partial charge in [0.15, 0.2) is 0 Å². The smallest absolute Gasteiger partial charge is 0.384 e. The average Bonchev–Trinajstić information content (AvgIpc) is 2.31. The van der Waals surface area contributed by atoms with E-state index in [1.54, 1.807) is 0 Å². The molecule has 1 rings (SSSR count). The third-order valence-corrected chi connectivity index (χ3v) is 3.66. The molecule has 0 spiro atoms. The van der Waals surface area contributed by atoms with Gasteiger partial charge in [0.1, 0.15) is 0 Å². The van der Waals surface area contributed by atoms with Gasteiger partial charge >= 0.3 is 6.40 Å². The van der Waals surface area contributed by atoms with Gasteiger partial charge in [-0.2, -0.15) is 0 Å². The molecule has 0 fully saturated rings. The van der Waals surface area contributed by atoms with Crippen LogP contribution in [0.2, 0.25) is 0 Å². The number of hydrogen-bond donors (Lipinski definition) is 0. The molecule has 0 amide bonds. The highest BCUT2D eigenvalue weighted by atomic mass is 35.5. The Morgan fingerprint density at radius 3 is 1.33 bits per heavy atom. The molecule has 0 unspecified atom stereocenters. The molecule has 0 aromatic carbocycles. The first-order chi connectivity index (χ1) is 7.92. The lowest BCUT2D eigenvalue weighted by molar-refractivity contribution is 0.303. The van der Waals surface area contributed by atoms with E-state index in [4.69, 9.17) is 11.5 Å². The van der Waals surface area contributed by atoms with Gasteiger partial charge in [0, 0.05) is 24.5 Å². The van der Waals surface area contributed by atoms with Crippen molar-refractivity contribution in [2.75, 3.05) is 13.1 Å². The van der Waals surface area contributed by atoms with Gasteiger partial charge in [0.2, 0.25) is 0 Å². The fourth-order valence-electron chi connectivity index (χ4n) is 2.31. The van der Waals surface area contributed by atoms with Crippen LogP contribution in [0.25, 0.3) is 0 Å². The lowest BCUT2D eigenvalue weighted by Crippen LogP contribution is -2.46. The van der Waals surface area contributed by atoms with Crippen LogP contribution < -0.4 is 0 Å². The Balaban J connectivity index is 2.88. The summed E-state index contributed by atoms with van der Waals surface area (Å²) in [4.78, 5) is 4.64. The largest absolute Gasteiger partial charge is 0.485 e. The van der Waals surface area contributed by atoms with Gasteiger partial charge in [-0.15, -0.1) is 11.5 Å². The molecule has 0 aromatic heterocycles. The van der Waals surface area contributed by atoms with E-state index in [-0.39, 0.29) is 17.2 Å². The van der Waals surface area contributed by atoms with Crippen LogP contribution >= 0.6 is 11.5 Å². The normalized spacial score (nSPS) is 18.2. The van der Waals surface area contributed by atoms with E-state index in [1.165, 1.54) is 11.4 Å². The first kappa shape index (κ1) is 15.8. The zero-order valence-electron chi connectivity index (χ0n) is 13.3. The van der Waals surface area contributed by atoms with Crippen molar-refractivity contribution in [3.8, 4) is 0 Å². The van der Waals surface area contributed by atoms with Crippen molar-refractivity contribution in [2.45, 2.75) is 55.4 Å². The molecular formula is C14H28BClN2. The summed E-state index contributed by atoms with van der Waals surface area (Å²) in [5, 5.41) is 0. The van der Waals surface area contributed by atoms with Gasteiger partial charge in [-0.1, -0.05) is 41.5 Å². The summed E-state index contributed by atoms with van der Waals surface area (Å²) in [6, 6.07) is 0. The summed E-state index contributed by atoms with van der Waals surface area (Å²) in [6.45, 7) is 19.9. The quantitative estimate of drug-likeness (QED) is 0.695. The Hall–Kier alpha value is -0.305. The van der Waals surface area contributed by atoms with Crippen LogP contribution in [0.3, 0.4) is 0 Å². The average molecular weight is 271 g/mol.